The molecule has 2 aliphatic rings. The fraction of sp³-hybridized carbons (Fsp3) is 0.609. The predicted molar refractivity (Wildman–Crippen MR) is 105 cm³/mol. The zero-order chi connectivity index (χ0) is 21.0. The van der Waals surface area contributed by atoms with Gasteiger partial charge in [-0.1, -0.05) is 18.2 Å². The third-order valence-electron chi connectivity index (χ3n) is 6.89. The molecule has 1 aromatic rings. The van der Waals surface area contributed by atoms with E-state index >= 15 is 0 Å². The Kier molecular flexibility index (Phi) is 6.91. The summed E-state index contributed by atoms with van der Waals surface area (Å²) in [6, 6.07) is 6.29. The number of carbonyl (C=O) groups is 1. The summed E-state index contributed by atoms with van der Waals surface area (Å²) in [4.78, 5) is 11.3. The molecule has 1 N–H and O–H groups in total. The third-order valence-corrected chi connectivity index (χ3v) is 6.89. The lowest BCUT2D eigenvalue weighted by molar-refractivity contribution is -0.274. The first-order valence-electron chi connectivity index (χ1n) is 10.5. The average molecular weight is 410 g/mol. The van der Waals surface area contributed by atoms with Crippen LogP contribution >= 0.6 is 0 Å². The Morgan fingerprint density at radius 2 is 1.52 bits per heavy atom. The number of rotatable bonds is 6. The molecule has 0 spiro atoms. The van der Waals surface area contributed by atoms with Crippen LogP contribution in [0, 0.1) is 23.7 Å². The molecule has 0 bridgehead atoms. The smallest absolute Gasteiger partial charge is 0.481 e. The molecule has 1 aromatic carbocycles. The van der Waals surface area contributed by atoms with Crippen LogP contribution in [-0.4, -0.2) is 17.4 Å². The zero-order valence-corrected chi connectivity index (χ0v) is 16.5. The van der Waals surface area contributed by atoms with E-state index in [4.69, 9.17) is 0 Å². The Labute approximate surface area is 170 Å². The molecule has 0 aliphatic heterocycles. The van der Waals surface area contributed by atoms with Crippen molar-refractivity contribution in [1.29, 1.82) is 0 Å². The van der Waals surface area contributed by atoms with Gasteiger partial charge in [0.25, 0.3) is 0 Å². The Hall–Kier alpha value is -1.98. The first-order valence-corrected chi connectivity index (χ1v) is 10.5. The van der Waals surface area contributed by atoms with Gasteiger partial charge in [0.15, 0.2) is 0 Å². The molecule has 160 valence electrons. The van der Waals surface area contributed by atoms with Gasteiger partial charge in [0, 0.05) is 0 Å². The minimum absolute atomic E-state index is 0.175. The molecule has 3 rings (SSSR count). The summed E-state index contributed by atoms with van der Waals surface area (Å²) in [7, 11) is 0. The summed E-state index contributed by atoms with van der Waals surface area (Å²) in [5.74, 6) is 0.549. The number of carboxylic acid groups (broad SMARTS) is 1. The summed E-state index contributed by atoms with van der Waals surface area (Å²) in [5.41, 5.74) is 1.08. The Morgan fingerprint density at radius 1 is 1.00 bits per heavy atom. The molecule has 0 heterocycles. The van der Waals surface area contributed by atoms with Crippen molar-refractivity contribution < 1.29 is 27.8 Å². The van der Waals surface area contributed by atoms with Crippen molar-refractivity contribution in [2.75, 3.05) is 0 Å². The SMILES string of the molecule is C=CC(C(=O)O)C1CCC(C2CCC(c3ccc(OC(F)(F)F)cc3)CC2)CC1. The van der Waals surface area contributed by atoms with Crippen LogP contribution in [0.25, 0.3) is 0 Å². The largest absolute Gasteiger partial charge is 0.573 e. The minimum atomic E-state index is -4.66. The molecule has 1 unspecified atom stereocenters. The molecule has 0 saturated heterocycles. The molecule has 0 aromatic heterocycles. The van der Waals surface area contributed by atoms with Crippen molar-refractivity contribution in [1.82, 2.24) is 0 Å². The number of hydrogen-bond donors (Lipinski definition) is 1. The second-order valence-electron chi connectivity index (χ2n) is 8.50. The molecule has 6 heteroatoms. The number of hydrogen-bond acceptors (Lipinski definition) is 2. The first-order chi connectivity index (χ1) is 13.8. The van der Waals surface area contributed by atoms with E-state index in [1.54, 1.807) is 18.2 Å². The van der Waals surface area contributed by atoms with Gasteiger partial charge in [0.1, 0.15) is 5.75 Å². The Bertz CT molecular complexity index is 682. The monoisotopic (exact) mass is 410 g/mol. The highest BCUT2D eigenvalue weighted by molar-refractivity contribution is 5.72. The van der Waals surface area contributed by atoms with Gasteiger partial charge in [-0.05, 0) is 92.7 Å². The summed E-state index contributed by atoms with van der Waals surface area (Å²) in [6.07, 6.45) is 5.35. The molecule has 3 nitrogen and oxygen atoms in total. The van der Waals surface area contributed by atoms with Gasteiger partial charge in [0.2, 0.25) is 0 Å². The Balaban J connectivity index is 1.47. The maximum atomic E-state index is 12.3. The Morgan fingerprint density at radius 3 is 1.97 bits per heavy atom. The third kappa shape index (κ3) is 5.77. The van der Waals surface area contributed by atoms with Crippen molar-refractivity contribution in [2.24, 2.45) is 23.7 Å². The highest BCUT2D eigenvalue weighted by Crippen LogP contribution is 2.45. The number of aliphatic carboxylic acids is 1. The molecule has 2 saturated carbocycles. The summed E-state index contributed by atoms with van der Waals surface area (Å²) in [6.45, 7) is 3.68. The summed E-state index contributed by atoms with van der Waals surface area (Å²) >= 11 is 0. The highest BCUT2D eigenvalue weighted by Gasteiger charge is 2.35. The fourth-order valence-electron chi connectivity index (χ4n) is 5.34. The molecular formula is C23H29F3O3. The van der Waals surface area contributed by atoms with Crippen molar-refractivity contribution in [3.8, 4) is 5.75 Å². The maximum Gasteiger partial charge on any atom is 0.573 e. The van der Waals surface area contributed by atoms with Crippen LogP contribution in [0.1, 0.15) is 62.8 Å². The van der Waals surface area contributed by atoms with Gasteiger partial charge in [-0.2, -0.15) is 0 Å². The second-order valence-corrected chi connectivity index (χ2v) is 8.50. The molecule has 29 heavy (non-hydrogen) atoms. The van der Waals surface area contributed by atoms with Crippen molar-refractivity contribution >= 4 is 5.97 Å². The van der Waals surface area contributed by atoms with Crippen LogP contribution in [0.4, 0.5) is 13.2 Å². The van der Waals surface area contributed by atoms with Crippen LogP contribution < -0.4 is 4.74 Å². The van der Waals surface area contributed by atoms with Crippen LogP contribution in [0.15, 0.2) is 36.9 Å². The molecular weight excluding hydrogens is 381 g/mol. The van der Waals surface area contributed by atoms with E-state index in [1.165, 1.54) is 12.1 Å². The number of carboxylic acids is 1. The second kappa shape index (κ2) is 9.23. The number of ether oxygens (including phenoxy) is 1. The lowest BCUT2D eigenvalue weighted by Gasteiger charge is -2.38. The normalized spacial score (nSPS) is 29.1. The van der Waals surface area contributed by atoms with Gasteiger partial charge in [-0.15, -0.1) is 19.8 Å². The van der Waals surface area contributed by atoms with Crippen LogP contribution in [0.3, 0.4) is 0 Å². The van der Waals surface area contributed by atoms with E-state index in [9.17, 15) is 23.1 Å². The standard InChI is InChI=1S/C23H29F3O3/c1-2-21(22(27)28)19-9-7-17(8-10-19)15-3-5-16(6-4-15)18-11-13-20(14-12-18)29-23(24,25)26/h2,11-17,19,21H,1,3-10H2,(H,27,28). The van der Waals surface area contributed by atoms with Gasteiger partial charge >= 0.3 is 12.3 Å². The van der Waals surface area contributed by atoms with E-state index in [-0.39, 0.29) is 11.7 Å². The molecule has 0 radical (unpaired) electrons. The average Bonchev–Trinajstić information content (AvgIpc) is 2.68. The highest BCUT2D eigenvalue weighted by atomic mass is 19.4. The lowest BCUT2D eigenvalue weighted by atomic mass is 9.67. The van der Waals surface area contributed by atoms with E-state index in [1.807, 2.05) is 0 Å². The van der Waals surface area contributed by atoms with Gasteiger partial charge in [-0.3, -0.25) is 4.79 Å². The van der Waals surface area contributed by atoms with Gasteiger partial charge in [-0.25, -0.2) is 0 Å². The van der Waals surface area contributed by atoms with Crippen molar-refractivity contribution in [2.45, 2.75) is 63.6 Å². The topological polar surface area (TPSA) is 46.5 Å². The van der Waals surface area contributed by atoms with Crippen molar-refractivity contribution in [3.63, 3.8) is 0 Å². The molecule has 1 atom stereocenters. The van der Waals surface area contributed by atoms with Crippen LogP contribution in [0.2, 0.25) is 0 Å². The van der Waals surface area contributed by atoms with E-state index in [0.29, 0.717) is 17.8 Å². The van der Waals surface area contributed by atoms with Crippen LogP contribution in [-0.2, 0) is 4.79 Å². The first kappa shape index (κ1) is 21.7. The minimum Gasteiger partial charge on any atom is -0.481 e. The van der Waals surface area contributed by atoms with Gasteiger partial charge < -0.3 is 9.84 Å². The number of alkyl halides is 3. The molecule has 2 aliphatic carbocycles. The molecule has 0 amide bonds. The van der Waals surface area contributed by atoms with Gasteiger partial charge in [0.05, 0.1) is 5.92 Å². The summed E-state index contributed by atoms with van der Waals surface area (Å²) < 4.78 is 40.8. The van der Waals surface area contributed by atoms with Crippen molar-refractivity contribution in [3.05, 3.63) is 42.5 Å². The van der Waals surface area contributed by atoms with E-state index in [2.05, 4.69) is 11.3 Å². The van der Waals surface area contributed by atoms with Crippen LogP contribution in [0.5, 0.6) is 5.75 Å². The molecule has 2 fully saturated rings. The number of halogens is 3. The fourth-order valence-corrected chi connectivity index (χ4v) is 5.34. The lowest BCUT2D eigenvalue weighted by Crippen LogP contribution is -2.30. The van der Waals surface area contributed by atoms with E-state index < -0.39 is 18.2 Å². The predicted octanol–water partition coefficient (Wildman–Crippen LogP) is 6.55. The number of benzene rings is 1. The maximum absolute atomic E-state index is 12.3. The summed E-state index contributed by atoms with van der Waals surface area (Å²) in [5, 5.41) is 9.32. The zero-order valence-electron chi connectivity index (χ0n) is 16.5. The van der Waals surface area contributed by atoms with E-state index in [0.717, 1.165) is 56.9 Å². The quantitative estimate of drug-likeness (QED) is 0.541.